The fourth-order valence-electron chi connectivity index (χ4n) is 2.63. The van der Waals surface area contributed by atoms with Crippen molar-refractivity contribution in [3.63, 3.8) is 0 Å². The van der Waals surface area contributed by atoms with Crippen LogP contribution < -0.4 is 0 Å². The maximum atomic E-state index is 9.45. The van der Waals surface area contributed by atoms with Gasteiger partial charge in [0.25, 0.3) is 0 Å². The lowest BCUT2D eigenvalue weighted by atomic mass is 9.97. The van der Waals surface area contributed by atoms with Crippen LogP contribution in [0.1, 0.15) is 51.4 Å². The molecule has 0 aromatic heterocycles. The highest BCUT2D eigenvalue weighted by Crippen LogP contribution is 2.37. The highest BCUT2D eigenvalue weighted by molar-refractivity contribution is 8.00. The quantitative estimate of drug-likeness (QED) is 0.729. The normalized spacial score (nSPS) is 42.8. The standard InChI is InChI=1S/C12H22OS2/c13-9-1-5-11(6-2-9)15-12-7-3-10(14)4-8-12/h9-14H,1-8H2. The molecule has 2 fully saturated rings. The summed E-state index contributed by atoms with van der Waals surface area (Å²) in [4.78, 5) is 0. The minimum absolute atomic E-state index is 0.00460. The van der Waals surface area contributed by atoms with Crippen molar-refractivity contribution < 1.29 is 5.11 Å². The van der Waals surface area contributed by atoms with E-state index in [0.717, 1.165) is 23.3 Å². The van der Waals surface area contributed by atoms with Crippen LogP contribution in [0.25, 0.3) is 0 Å². The molecular weight excluding hydrogens is 224 g/mol. The summed E-state index contributed by atoms with van der Waals surface area (Å²) in [5.41, 5.74) is 0. The van der Waals surface area contributed by atoms with Crippen molar-refractivity contribution in [2.75, 3.05) is 0 Å². The Hall–Kier alpha value is 0.660. The molecule has 0 atom stereocenters. The van der Waals surface area contributed by atoms with E-state index < -0.39 is 0 Å². The number of thioether (sulfide) groups is 1. The first kappa shape index (κ1) is 12.1. The first-order valence-electron chi connectivity index (χ1n) is 6.25. The number of rotatable bonds is 2. The van der Waals surface area contributed by atoms with Gasteiger partial charge < -0.3 is 5.11 Å². The summed E-state index contributed by atoms with van der Waals surface area (Å²) < 4.78 is 0. The summed E-state index contributed by atoms with van der Waals surface area (Å²) in [5, 5.41) is 11.8. The Labute approximate surface area is 103 Å². The first-order chi connectivity index (χ1) is 7.24. The Kier molecular flexibility index (Phi) is 4.71. The third-order valence-electron chi connectivity index (χ3n) is 3.67. The van der Waals surface area contributed by atoms with E-state index in [0.29, 0.717) is 5.25 Å². The molecule has 0 amide bonds. The van der Waals surface area contributed by atoms with Gasteiger partial charge in [0, 0.05) is 15.7 Å². The zero-order chi connectivity index (χ0) is 10.7. The van der Waals surface area contributed by atoms with Gasteiger partial charge in [0.05, 0.1) is 6.10 Å². The van der Waals surface area contributed by atoms with E-state index in [2.05, 4.69) is 24.4 Å². The van der Waals surface area contributed by atoms with E-state index in [4.69, 9.17) is 0 Å². The second-order valence-electron chi connectivity index (χ2n) is 5.00. The van der Waals surface area contributed by atoms with Crippen LogP contribution in [-0.4, -0.2) is 27.0 Å². The van der Waals surface area contributed by atoms with Gasteiger partial charge in [-0.15, -0.1) is 0 Å². The van der Waals surface area contributed by atoms with Gasteiger partial charge in [-0.1, -0.05) is 0 Å². The molecule has 0 radical (unpaired) electrons. The number of aliphatic hydroxyl groups excluding tert-OH is 1. The summed E-state index contributed by atoms with van der Waals surface area (Å²) in [6, 6.07) is 0. The SMILES string of the molecule is OC1CCC(SC2CCC(S)CC2)CC1. The molecule has 0 aromatic rings. The van der Waals surface area contributed by atoms with E-state index in [9.17, 15) is 5.11 Å². The second-order valence-corrected chi connectivity index (χ2v) is 7.33. The third kappa shape index (κ3) is 3.86. The summed E-state index contributed by atoms with van der Waals surface area (Å²) in [6.45, 7) is 0. The summed E-state index contributed by atoms with van der Waals surface area (Å²) in [7, 11) is 0. The van der Waals surface area contributed by atoms with Gasteiger partial charge in [-0.3, -0.25) is 0 Å². The minimum Gasteiger partial charge on any atom is -0.393 e. The lowest BCUT2D eigenvalue weighted by Crippen LogP contribution is -2.24. The van der Waals surface area contributed by atoms with E-state index in [1.54, 1.807) is 0 Å². The third-order valence-corrected chi connectivity index (χ3v) is 5.90. The average Bonchev–Trinajstić information content (AvgIpc) is 2.25. The minimum atomic E-state index is -0.00460. The molecule has 1 nitrogen and oxygen atoms in total. The van der Waals surface area contributed by atoms with Gasteiger partial charge in [-0.05, 0) is 51.4 Å². The maximum Gasteiger partial charge on any atom is 0.0541 e. The number of thiol groups is 1. The predicted octanol–water partition coefficient (Wildman–Crippen LogP) is 3.26. The van der Waals surface area contributed by atoms with Crippen LogP contribution in [0, 0.1) is 0 Å². The summed E-state index contributed by atoms with van der Waals surface area (Å²) in [5.74, 6) is 0. The van der Waals surface area contributed by atoms with E-state index in [1.807, 2.05) is 0 Å². The highest BCUT2D eigenvalue weighted by Gasteiger charge is 2.25. The second kappa shape index (κ2) is 5.83. The molecular formula is C12H22OS2. The molecule has 2 aliphatic carbocycles. The van der Waals surface area contributed by atoms with Crippen LogP contribution in [0.2, 0.25) is 0 Å². The van der Waals surface area contributed by atoms with Gasteiger partial charge in [0.2, 0.25) is 0 Å². The average molecular weight is 246 g/mol. The van der Waals surface area contributed by atoms with Gasteiger partial charge >= 0.3 is 0 Å². The van der Waals surface area contributed by atoms with Crippen LogP contribution in [0.3, 0.4) is 0 Å². The Morgan fingerprint density at radius 1 is 0.800 bits per heavy atom. The molecule has 0 spiro atoms. The molecule has 2 saturated carbocycles. The molecule has 88 valence electrons. The first-order valence-corrected chi connectivity index (χ1v) is 7.71. The zero-order valence-corrected chi connectivity index (χ0v) is 11.0. The van der Waals surface area contributed by atoms with Crippen LogP contribution in [0.15, 0.2) is 0 Å². The van der Waals surface area contributed by atoms with Gasteiger partial charge in [0.1, 0.15) is 0 Å². The number of hydrogen-bond acceptors (Lipinski definition) is 3. The smallest absolute Gasteiger partial charge is 0.0541 e. The Morgan fingerprint density at radius 3 is 1.80 bits per heavy atom. The van der Waals surface area contributed by atoms with E-state index >= 15 is 0 Å². The molecule has 0 unspecified atom stereocenters. The van der Waals surface area contributed by atoms with Gasteiger partial charge in [0.15, 0.2) is 0 Å². The van der Waals surface area contributed by atoms with E-state index in [1.165, 1.54) is 38.5 Å². The van der Waals surface area contributed by atoms with E-state index in [-0.39, 0.29) is 6.10 Å². The fraction of sp³-hybridized carbons (Fsp3) is 1.00. The number of hydrogen-bond donors (Lipinski definition) is 2. The zero-order valence-electron chi connectivity index (χ0n) is 9.27. The van der Waals surface area contributed by atoms with Crippen LogP contribution in [0.5, 0.6) is 0 Å². The predicted molar refractivity (Wildman–Crippen MR) is 70.9 cm³/mol. The van der Waals surface area contributed by atoms with Crippen LogP contribution >= 0.6 is 24.4 Å². The van der Waals surface area contributed by atoms with Crippen LogP contribution in [0.4, 0.5) is 0 Å². The lowest BCUT2D eigenvalue weighted by Gasteiger charge is -2.31. The fourth-order valence-corrected chi connectivity index (χ4v) is 4.57. The largest absolute Gasteiger partial charge is 0.393 e. The van der Waals surface area contributed by atoms with Crippen LogP contribution in [-0.2, 0) is 0 Å². The Balaban J connectivity index is 1.68. The molecule has 0 heterocycles. The Bertz CT molecular complexity index is 162. The van der Waals surface area contributed by atoms with Crippen molar-refractivity contribution in [2.45, 2.75) is 73.2 Å². The molecule has 1 N–H and O–H groups in total. The molecule has 0 bridgehead atoms. The van der Waals surface area contributed by atoms with Crippen molar-refractivity contribution in [1.82, 2.24) is 0 Å². The van der Waals surface area contributed by atoms with Crippen molar-refractivity contribution >= 4 is 24.4 Å². The van der Waals surface area contributed by atoms with Crippen molar-refractivity contribution in [2.24, 2.45) is 0 Å². The lowest BCUT2D eigenvalue weighted by molar-refractivity contribution is 0.132. The van der Waals surface area contributed by atoms with Crippen molar-refractivity contribution in [1.29, 1.82) is 0 Å². The topological polar surface area (TPSA) is 20.2 Å². The summed E-state index contributed by atoms with van der Waals surface area (Å²) in [6.07, 6.45) is 9.83. The van der Waals surface area contributed by atoms with Crippen molar-refractivity contribution in [3.8, 4) is 0 Å². The Morgan fingerprint density at radius 2 is 1.27 bits per heavy atom. The highest BCUT2D eigenvalue weighted by atomic mass is 32.2. The molecule has 0 aliphatic heterocycles. The summed E-state index contributed by atoms with van der Waals surface area (Å²) >= 11 is 6.74. The number of aliphatic hydroxyl groups is 1. The monoisotopic (exact) mass is 246 g/mol. The maximum absolute atomic E-state index is 9.45. The molecule has 0 aromatic carbocycles. The van der Waals surface area contributed by atoms with Gasteiger partial charge in [-0.2, -0.15) is 24.4 Å². The van der Waals surface area contributed by atoms with Gasteiger partial charge in [-0.25, -0.2) is 0 Å². The molecule has 15 heavy (non-hydrogen) atoms. The molecule has 2 aliphatic rings. The molecule has 0 saturated heterocycles. The molecule has 2 rings (SSSR count). The van der Waals surface area contributed by atoms with Crippen molar-refractivity contribution in [3.05, 3.63) is 0 Å². The molecule has 3 heteroatoms.